The van der Waals surface area contributed by atoms with Crippen molar-refractivity contribution in [3.63, 3.8) is 0 Å². The van der Waals surface area contributed by atoms with Gasteiger partial charge in [-0.25, -0.2) is 14.6 Å². The highest BCUT2D eigenvalue weighted by Gasteiger charge is 2.13. The number of carbonyl (C=O) groups is 3. The first-order valence-corrected chi connectivity index (χ1v) is 16.4. The second-order valence-corrected chi connectivity index (χ2v) is 11.8. The third-order valence-electron chi connectivity index (χ3n) is 7.99. The van der Waals surface area contributed by atoms with E-state index in [1.807, 2.05) is 78.9 Å². The molecule has 8 heteroatoms. The van der Waals surface area contributed by atoms with Crippen LogP contribution < -0.4 is 4.74 Å². The van der Waals surface area contributed by atoms with Gasteiger partial charge in [-0.05, 0) is 78.2 Å². The van der Waals surface area contributed by atoms with Crippen LogP contribution in [0.1, 0.15) is 59.9 Å². The van der Waals surface area contributed by atoms with E-state index in [1.165, 1.54) is 7.11 Å². The normalized spacial score (nSPS) is 10.5. The molecule has 0 saturated carbocycles. The van der Waals surface area contributed by atoms with E-state index in [4.69, 9.17) is 27.6 Å². The van der Waals surface area contributed by atoms with E-state index >= 15 is 0 Å². The Hall–Kier alpha value is -6.36. The first-order valence-electron chi connectivity index (χ1n) is 16.0. The van der Waals surface area contributed by atoms with Crippen molar-refractivity contribution >= 4 is 57.9 Å². The fourth-order valence-electron chi connectivity index (χ4n) is 5.23. The molecule has 6 aromatic rings. The molecule has 0 atom stereocenters. The summed E-state index contributed by atoms with van der Waals surface area (Å²) in [7, 11) is 2.94. The van der Waals surface area contributed by atoms with Gasteiger partial charge in [0, 0.05) is 33.5 Å². The SMILES string of the molecule is COC(=O)c1ccccc1CCC(=O)c1cccc(/C=C/c2ccc3ccc(Cl)cc3n2)c1.[C-]#[N+]c1ccc(C(=O)c2ccc(OC)cc2)cc1. The highest BCUT2D eigenvalue weighted by atomic mass is 35.5. The minimum Gasteiger partial charge on any atom is -0.497 e. The minimum absolute atomic E-state index is 0.0170. The van der Waals surface area contributed by atoms with Crippen molar-refractivity contribution in [2.75, 3.05) is 14.2 Å². The van der Waals surface area contributed by atoms with E-state index < -0.39 is 5.97 Å². The van der Waals surface area contributed by atoms with E-state index in [-0.39, 0.29) is 11.6 Å². The molecule has 5 aromatic carbocycles. The molecular formula is C43H33ClN2O5. The van der Waals surface area contributed by atoms with Gasteiger partial charge in [-0.15, -0.1) is 0 Å². The maximum atomic E-state index is 12.8. The van der Waals surface area contributed by atoms with Gasteiger partial charge >= 0.3 is 5.97 Å². The Labute approximate surface area is 301 Å². The topological polar surface area (TPSA) is 86.9 Å². The van der Waals surface area contributed by atoms with E-state index in [1.54, 1.807) is 67.8 Å². The Balaban J connectivity index is 0.000000236. The number of nitrogens with zero attached hydrogens (tertiary/aromatic N) is 2. The number of methoxy groups -OCH3 is 2. The number of ketones is 2. The predicted molar refractivity (Wildman–Crippen MR) is 202 cm³/mol. The van der Waals surface area contributed by atoms with Crippen molar-refractivity contribution in [2.24, 2.45) is 0 Å². The van der Waals surface area contributed by atoms with Crippen LogP contribution in [0.15, 0.2) is 127 Å². The van der Waals surface area contributed by atoms with Gasteiger partial charge in [0.2, 0.25) is 0 Å². The molecule has 1 heterocycles. The standard InChI is InChI=1S/C28H22ClNO3.C15H11NO2/c1-33-28(32)25-8-3-2-6-20(25)12-16-27(31)22-7-4-5-19(17-22)9-14-24-15-11-21-10-13-23(29)18-26(21)30-24;1-16-13-7-3-11(4-8-13)15(17)12-5-9-14(18-2)10-6-12/h2-11,13-15,17-18H,12,16H2,1H3;3-10H,2H3/b14-9+;. The Morgan fingerprint density at radius 3 is 2.18 bits per heavy atom. The molecule has 0 N–H and O–H groups in total. The molecule has 0 spiro atoms. The molecule has 0 saturated heterocycles. The van der Waals surface area contributed by atoms with Gasteiger partial charge in [0.15, 0.2) is 17.3 Å². The van der Waals surface area contributed by atoms with Gasteiger partial charge in [0.1, 0.15) is 5.75 Å². The third-order valence-corrected chi connectivity index (χ3v) is 8.22. The van der Waals surface area contributed by atoms with Crippen LogP contribution in [0.4, 0.5) is 5.69 Å². The largest absolute Gasteiger partial charge is 0.497 e. The van der Waals surface area contributed by atoms with Crippen molar-refractivity contribution in [1.29, 1.82) is 0 Å². The maximum absolute atomic E-state index is 12.8. The molecule has 0 fully saturated rings. The summed E-state index contributed by atoms with van der Waals surface area (Å²) < 4.78 is 9.87. The molecule has 0 radical (unpaired) electrons. The first kappa shape index (κ1) is 35.9. The highest BCUT2D eigenvalue weighted by Crippen LogP contribution is 2.21. The zero-order valence-corrected chi connectivity index (χ0v) is 28.8. The molecular weight excluding hydrogens is 660 g/mol. The van der Waals surface area contributed by atoms with Crippen LogP contribution in [-0.4, -0.2) is 36.7 Å². The van der Waals surface area contributed by atoms with Crippen LogP contribution in [-0.2, 0) is 11.2 Å². The predicted octanol–water partition coefficient (Wildman–Crippen LogP) is 10.1. The summed E-state index contributed by atoms with van der Waals surface area (Å²) in [5.41, 5.74) is 6.18. The van der Waals surface area contributed by atoms with Crippen LogP contribution in [0.2, 0.25) is 5.02 Å². The summed E-state index contributed by atoms with van der Waals surface area (Å²) in [6.07, 6.45) is 4.61. The zero-order valence-electron chi connectivity index (χ0n) is 28.0. The summed E-state index contributed by atoms with van der Waals surface area (Å²) >= 11 is 6.07. The van der Waals surface area contributed by atoms with Gasteiger partial charge in [-0.1, -0.05) is 90.5 Å². The number of pyridine rings is 1. The van der Waals surface area contributed by atoms with E-state index in [0.29, 0.717) is 45.8 Å². The molecule has 1 aromatic heterocycles. The van der Waals surface area contributed by atoms with Crippen LogP contribution >= 0.6 is 11.6 Å². The van der Waals surface area contributed by atoms with E-state index in [9.17, 15) is 14.4 Å². The lowest BCUT2D eigenvalue weighted by molar-refractivity contribution is 0.0598. The fourth-order valence-corrected chi connectivity index (χ4v) is 5.40. The average Bonchev–Trinajstić information content (AvgIpc) is 3.19. The van der Waals surface area contributed by atoms with Crippen LogP contribution in [0.5, 0.6) is 5.75 Å². The molecule has 6 rings (SSSR count). The van der Waals surface area contributed by atoms with Gasteiger partial charge < -0.3 is 9.47 Å². The Kier molecular flexibility index (Phi) is 12.2. The van der Waals surface area contributed by atoms with Crippen molar-refractivity contribution in [1.82, 2.24) is 4.98 Å². The number of esters is 1. The van der Waals surface area contributed by atoms with Crippen molar-refractivity contribution in [3.8, 4) is 5.75 Å². The summed E-state index contributed by atoms with van der Waals surface area (Å²) in [4.78, 5) is 44.8. The zero-order chi connectivity index (χ0) is 36.2. The van der Waals surface area contributed by atoms with Crippen LogP contribution in [0.3, 0.4) is 0 Å². The molecule has 252 valence electrons. The lowest BCUT2D eigenvalue weighted by Crippen LogP contribution is -2.08. The Morgan fingerprint density at radius 1 is 0.765 bits per heavy atom. The smallest absolute Gasteiger partial charge is 0.338 e. The number of benzene rings is 5. The lowest BCUT2D eigenvalue weighted by Gasteiger charge is -2.07. The number of halogens is 1. The van der Waals surface area contributed by atoms with Crippen LogP contribution in [0.25, 0.3) is 27.9 Å². The molecule has 0 aliphatic carbocycles. The second-order valence-electron chi connectivity index (χ2n) is 11.3. The number of hydrogen-bond acceptors (Lipinski definition) is 6. The second kappa shape index (κ2) is 17.3. The Morgan fingerprint density at radius 2 is 1.47 bits per heavy atom. The molecule has 0 bridgehead atoms. The maximum Gasteiger partial charge on any atom is 0.338 e. The molecule has 0 aliphatic heterocycles. The van der Waals surface area contributed by atoms with Gasteiger partial charge in [-0.2, -0.15) is 0 Å². The van der Waals surface area contributed by atoms with E-state index in [2.05, 4.69) is 9.83 Å². The number of aryl methyl sites for hydroxylation is 1. The molecule has 0 unspecified atom stereocenters. The summed E-state index contributed by atoms with van der Waals surface area (Å²) in [6, 6.07) is 37.8. The fraction of sp³-hybridized carbons (Fsp3) is 0.0930. The van der Waals surface area contributed by atoms with Crippen molar-refractivity contribution in [3.05, 3.63) is 183 Å². The summed E-state index contributed by atoms with van der Waals surface area (Å²) in [5, 5.41) is 1.68. The Bertz CT molecular complexity index is 2250. The molecule has 0 aliphatic rings. The number of fused-ring (bicyclic) bond motifs is 1. The highest BCUT2D eigenvalue weighted by molar-refractivity contribution is 6.31. The summed E-state index contributed by atoms with van der Waals surface area (Å²) in [5.74, 6) is 0.280. The number of aromatic nitrogens is 1. The lowest BCUT2D eigenvalue weighted by atomic mass is 9.98. The molecule has 0 amide bonds. The van der Waals surface area contributed by atoms with Crippen molar-refractivity contribution < 1.29 is 23.9 Å². The molecule has 7 nitrogen and oxygen atoms in total. The number of Topliss-reactive ketones (excluding diaryl/α,β-unsaturated/α-hetero) is 1. The number of ether oxygens (including phenoxy) is 2. The third kappa shape index (κ3) is 9.63. The number of carbonyl (C=O) groups excluding carboxylic acids is 3. The van der Waals surface area contributed by atoms with Crippen molar-refractivity contribution in [2.45, 2.75) is 12.8 Å². The first-order chi connectivity index (χ1) is 24.8. The number of hydrogen-bond donors (Lipinski definition) is 0. The minimum atomic E-state index is -0.394. The summed E-state index contributed by atoms with van der Waals surface area (Å²) in [6.45, 7) is 6.86. The van der Waals surface area contributed by atoms with Gasteiger partial charge in [0.05, 0.1) is 37.6 Å². The van der Waals surface area contributed by atoms with Gasteiger partial charge in [-0.3, -0.25) is 9.59 Å². The monoisotopic (exact) mass is 692 g/mol. The quantitative estimate of drug-likeness (QED) is 0.0807. The van der Waals surface area contributed by atoms with Gasteiger partial charge in [0.25, 0.3) is 0 Å². The average molecular weight is 693 g/mol. The number of rotatable bonds is 10. The van der Waals surface area contributed by atoms with E-state index in [0.717, 1.165) is 33.5 Å². The molecule has 51 heavy (non-hydrogen) atoms. The van der Waals surface area contributed by atoms with Crippen LogP contribution in [0, 0.1) is 6.57 Å².